The lowest BCUT2D eigenvalue weighted by molar-refractivity contribution is -0.122. The molecule has 0 saturated carbocycles. The van der Waals surface area contributed by atoms with Crippen molar-refractivity contribution < 1.29 is 23.5 Å². The van der Waals surface area contributed by atoms with Crippen molar-refractivity contribution in [1.82, 2.24) is 9.55 Å². The maximum absolute atomic E-state index is 13.0. The average Bonchev–Trinajstić information content (AvgIpc) is 3.06. The standard InChI is InChI=1S/C20H18N4O6/c1-3-29-20(28)16-11(2)30-18-17(16)19(27)23(10-21-18)9-15(26)24-8-14(25)22-12-6-4-5-7-13(12)24/h4-7,10H,3,8-9H2,1-2H3,(H,22,25). The lowest BCUT2D eigenvalue weighted by Gasteiger charge is -2.29. The van der Waals surface area contributed by atoms with Gasteiger partial charge in [-0.05, 0) is 26.0 Å². The molecule has 1 N–H and O–H groups in total. The van der Waals surface area contributed by atoms with Gasteiger partial charge >= 0.3 is 5.97 Å². The first-order chi connectivity index (χ1) is 14.4. The van der Waals surface area contributed by atoms with E-state index in [1.807, 2.05) is 0 Å². The maximum Gasteiger partial charge on any atom is 0.342 e. The highest BCUT2D eigenvalue weighted by molar-refractivity contribution is 6.10. The van der Waals surface area contributed by atoms with Gasteiger partial charge in [0, 0.05) is 0 Å². The molecule has 0 saturated heterocycles. The van der Waals surface area contributed by atoms with E-state index in [1.54, 1.807) is 31.2 Å². The second-order valence-electron chi connectivity index (χ2n) is 6.66. The van der Waals surface area contributed by atoms with Gasteiger partial charge in [-0.1, -0.05) is 12.1 Å². The van der Waals surface area contributed by atoms with Crippen LogP contribution in [0.3, 0.4) is 0 Å². The predicted molar refractivity (Wildman–Crippen MR) is 106 cm³/mol. The molecule has 0 atom stereocenters. The SMILES string of the molecule is CCOC(=O)c1c(C)oc2ncn(CC(=O)N3CC(=O)Nc4ccccc43)c(=O)c12. The number of furan rings is 1. The van der Waals surface area contributed by atoms with E-state index in [1.165, 1.54) is 18.2 Å². The third kappa shape index (κ3) is 3.21. The summed E-state index contributed by atoms with van der Waals surface area (Å²) in [4.78, 5) is 55.5. The van der Waals surface area contributed by atoms with Crippen molar-refractivity contribution in [2.75, 3.05) is 23.4 Å². The van der Waals surface area contributed by atoms with E-state index in [4.69, 9.17) is 9.15 Å². The van der Waals surface area contributed by atoms with E-state index < -0.39 is 17.4 Å². The first kappa shape index (κ1) is 19.4. The summed E-state index contributed by atoms with van der Waals surface area (Å²) in [6, 6.07) is 6.88. The number of amides is 2. The highest BCUT2D eigenvalue weighted by Gasteiger charge is 2.28. The van der Waals surface area contributed by atoms with Crippen molar-refractivity contribution in [2.45, 2.75) is 20.4 Å². The van der Waals surface area contributed by atoms with Crippen molar-refractivity contribution in [3.05, 3.63) is 52.3 Å². The fourth-order valence-electron chi connectivity index (χ4n) is 3.39. The van der Waals surface area contributed by atoms with Crippen LogP contribution in [0, 0.1) is 6.92 Å². The van der Waals surface area contributed by atoms with E-state index in [0.29, 0.717) is 11.4 Å². The Morgan fingerprint density at radius 1 is 1.27 bits per heavy atom. The Morgan fingerprint density at radius 2 is 2.03 bits per heavy atom. The number of aromatic nitrogens is 2. The molecule has 0 unspecified atom stereocenters. The molecular formula is C20H18N4O6. The number of nitrogens with one attached hydrogen (secondary N) is 1. The van der Waals surface area contributed by atoms with Gasteiger partial charge in [-0.3, -0.25) is 23.9 Å². The fraction of sp³-hybridized carbons (Fsp3) is 0.250. The number of nitrogens with zero attached hydrogens (tertiary/aromatic N) is 3. The number of carbonyl (C=O) groups is 3. The molecule has 2 amide bonds. The number of benzene rings is 1. The van der Waals surface area contributed by atoms with Crippen LogP contribution in [0.4, 0.5) is 11.4 Å². The maximum atomic E-state index is 13.0. The third-order valence-electron chi connectivity index (χ3n) is 4.71. The van der Waals surface area contributed by atoms with Crippen LogP contribution in [-0.4, -0.2) is 40.5 Å². The minimum atomic E-state index is -0.696. The highest BCUT2D eigenvalue weighted by atomic mass is 16.5. The Kier molecular flexibility index (Phi) is 4.82. The first-order valence-corrected chi connectivity index (χ1v) is 9.25. The topological polar surface area (TPSA) is 124 Å². The van der Waals surface area contributed by atoms with Crippen molar-refractivity contribution in [3.63, 3.8) is 0 Å². The van der Waals surface area contributed by atoms with Crippen molar-refractivity contribution in [3.8, 4) is 0 Å². The molecule has 10 nitrogen and oxygen atoms in total. The molecule has 0 bridgehead atoms. The van der Waals surface area contributed by atoms with Gasteiger partial charge in [0.25, 0.3) is 5.56 Å². The van der Waals surface area contributed by atoms with Crippen LogP contribution < -0.4 is 15.8 Å². The van der Waals surface area contributed by atoms with Gasteiger partial charge in [0.1, 0.15) is 36.1 Å². The summed E-state index contributed by atoms with van der Waals surface area (Å²) in [5, 5.41) is 2.66. The minimum Gasteiger partial charge on any atom is -0.462 e. The second kappa shape index (κ2) is 7.47. The predicted octanol–water partition coefficient (Wildman–Crippen LogP) is 1.46. The van der Waals surface area contributed by atoms with Gasteiger partial charge in [-0.25, -0.2) is 9.78 Å². The summed E-state index contributed by atoms with van der Waals surface area (Å²) in [6.45, 7) is 2.78. The molecule has 4 rings (SSSR count). The molecule has 3 heterocycles. The van der Waals surface area contributed by atoms with Gasteiger partial charge in [0.05, 0.1) is 18.0 Å². The molecule has 10 heteroatoms. The number of rotatable bonds is 4. The first-order valence-electron chi connectivity index (χ1n) is 9.25. The number of carbonyl (C=O) groups excluding carboxylic acids is 3. The summed E-state index contributed by atoms with van der Waals surface area (Å²) in [5.74, 6) is -1.30. The number of ether oxygens (including phenoxy) is 1. The van der Waals surface area contributed by atoms with Crippen LogP contribution in [0.25, 0.3) is 11.1 Å². The number of hydrogen-bond acceptors (Lipinski definition) is 7. The van der Waals surface area contributed by atoms with Crippen molar-refractivity contribution in [2.24, 2.45) is 0 Å². The summed E-state index contributed by atoms with van der Waals surface area (Å²) in [6.07, 6.45) is 1.18. The second-order valence-corrected chi connectivity index (χ2v) is 6.66. The zero-order valence-electron chi connectivity index (χ0n) is 16.3. The van der Waals surface area contributed by atoms with E-state index in [9.17, 15) is 19.2 Å². The number of aryl methyl sites for hydroxylation is 1. The zero-order chi connectivity index (χ0) is 21.4. The van der Waals surface area contributed by atoms with Gasteiger partial charge in [-0.15, -0.1) is 0 Å². The van der Waals surface area contributed by atoms with Crippen LogP contribution in [0.15, 0.2) is 39.8 Å². The van der Waals surface area contributed by atoms with Crippen molar-refractivity contribution >= 4 is 40.3 Å². The monoisotopic (exact) mass is 410 g/mol. The summed E-state index contributed by atoms with van der Waals surface area (Å²) in [5.41, 5.74) is 0.428. The number of esters is 1. The molecule has 154 valence electrons. The van der Waals surface area contributed by atoms with E-state index in [2.05, 4.69) is 10.3 Å². The lowest BCUT2D eigenvalue weighted by Crippen LogP contribution is -2.44. The Bertz CT molecular complexity index is 1240. The third-order valence-corrected chi connectivity index (χ3v) is 4.71. The average molecular weight is 410 g/mol. The Hall–Kier alpha value is -3.95. The molecule has 0 radical (unpaired) electrons. The molecule has 0 spiro atoms. The molecular weight excluding hydrogens is 392 g/mol. The highest BCUT2D eigenvalue weighted by Crippen LogP contribution is 2.29. The lowest BCUT2D eigenvalue weighted by atomic mass is 10.2. The van der Waals surface area contributed by atoms with E-state index in [0.717, 1.165) is 4.57 Å². The Labute approximate surface area is 170 Å². The zero-order valence-corrected chi connectivity index (χ0v) is 16.3. The molecule has 1 aliphatic heterocycles. The fourth-order valence-corrected chi connectivity index (χ4v) is 3.39. The molecule has 1 aromatic carbocycles. The van der Waals surface area contributed by atoms with Crippen LogP contribution >= 0.6 is 0 Å². The normalized spacial score (nSPS) is 13.1. The number of anilines is 2. The van der Waals surface area contributed by atoms with Gasteiger partial charge < -0.3 is 14.5 Å². The number of para-hydroxylation sites is 2. The molecule has 2 aromatic heterocycles. The summed E-state index contributed by atoms with van der Waals surface area (Å²) < 4.78 is 11.5. The van der Waals surface area contributed by atoms with Crippen molar-refractivity contribution in [1.29, 1.82) is 0 Å². The Balaban J connectivity index is 1.71. The molecule has 0 fully saturated rings. The number of fused-ring (bicyclic) bond motifs is 2. The van der Waals surface area contributed by atoms with Gasteiger partial charge in [-0.2, -0.15) is 0 Å². The van der Waals surface area contributed by atoms with Gasteiger partial charge in [0.15, 0.2) is 0 Å². The van der Waals surface area contributed by atoms with Crippen LogP contribution in [0.5, 0.6) is 0 Å². The Morgan fingerprint density at radius 3 is 2.80 bits per heavy atom. The molecule has 3 aromatic rings. The van der Waals surface area contributed by atoms with Crippen LogP contribution in [0.1, 0.15) is 23.0 Å². The van der Waals surface area contributed by atoms with Crippen LogP contribution in [-0.2, 0) is 20.9 Å². The summed E-state index contributed by atoms with van der Waals surface area (Å²) >= 11 is 0. The van der Waals surface area contributed by atoms with Crippen LogP contribution in [0.2, 0.25) is 0 Å². The molecule has 30 heavy (non-hydrogen) atoms. The molecule has 0 aliphatic carbocycles. The van der Waals surface area contributed by atoms with E-state index >= 15 is 0 Å². The van der Waals surface area contributed by atoms with E-state index in [-0.39, 0.29) is 48.0 Å². The van der Waals surface area contributed by atoms with Gasteiger partial charge in [0.2, 0.25) is 17.5 Å². The number of hydrogen-bond donors (Lipinski definition) is 1. The largest absolute Gasteiger partial charge is 0.462 e. The summed E-state index contributed by atoms with van der Waals surface area (Å²) in [7, 11) is 0. The molecule has 1 aliphatic rings. The quantitative estimate of drug-likeness (QED) is 0.646. The smallest absolute Gasteiger partial charge is 0.342 e. The minimum absolute atomic E-state index is 0.00570.